The van der Waals surface area contributed by atoms with Gasteiger partial charge in [-0.1, -0.05) is 23.7 Å². The van der Waals surface area contributed by atoms with Gasteiger partial charge in [-0.05, 0) is 64.6 Å². The highest BCUT2D eigenvalue weighted by Gasteiger charge is 2.23. The van der Waals surface area contributed by atoms with Crippen LogP contribution in [-0.4, -0.2) is 22.9 Å². The number of anilines is 1. The summed E-state index contributed by atoms with van der Waals surface area (Å²) < 4.78 is 11.5. The summed E-state index contributed by atoms with van der Waals surface area (Å²) >= 11 is 7.95. The smallest absolute Gasteiger partial charge is 0.318 e. The van der Waals surface area contributed by atoms with Crippen molar-refractivity contribution in [3.63, 3.8) is 0 Å². The first-order valence-electron chi connectivity index (χ1n) is 9.80. The molecule has 0 unspecified atom stereocenters. The van der Waals surface area contributed by atoms with Crippen molar-refractivity contribution >= 4 is 63.2 Å². The van der Waals surface area contributed by atoms with Crippen LogP contribution >= 0.6 is 34.2 Å². The Morgan fingerprint density at radius 2 is 1.83 bits per heavy atom. The summed E-state index contributed by atoms with van der Waals surface area (Å²) in [4.78, 5) is 33.5. The van der Waals surface area contributed by atoms with Gasteiger partial charge < -0.3 is 14.8 Å². The summed E-state index contributed by atoms with van der Waals surface area (Å²) in [7, 11) is 1.34. The topological polar surface area (TPSA) is 158 Å². The molecule has 0 saturated carbocycles. The summed E-state index contributed by atoms with van der Waals surface area (Å²) in [6.07, 6.45) is 1.33. The Hall–Kier alpha value is -4.22. The van der Waals surface area contributed by atoms with Crippen molar-refractivity contribution < 1.29 is 24.1 Å². The Balaban J connectivity index is 1.96. The monoisotopic (exact) mass is 620 g/mol. The summed E-state index contributed by atoms with van der Waals surface area (Å²) in [5.74, 6) is -0.667. The molecule has 0 spiro atoms. The third-order valence-electron chi connectivity index (χ3n) is 4.61. The predicted octanol–water partition coefficient (Wildman–Crippen LogP) is 6.11. The molecule has 1 amide bonds. The fourth-order valence-corrected chi connectivity index (χ4v) is 3.87. The average molecular weight is 621 g/mol. The highest BCUT2D eigenvalue weighted by atomic mass is 127. The molecular weight excluding hydrogens is 607 g/mol. The van der Waals surface area contributed by atoms with Crippen LogP contribution in [-0.2, 0) is 4.79 Å². The van der Waals surface area contributed by atoms with E-state index >= 15 is 0 Å². The Bertz CT molecular complexity index is 1450. The van der Waals surface area contributed by atoms with Gasteiger partial charge in [-0.25, -0.2) is 0 Å². The first-order chi connectivity index (χ1) is 17.1. The largest absolute Gasteiger partial charge is 0.493 e. The molecule has 0 aliphatic carbocycles. The van der Waals surface area contributed by atoms with E-state index < -0.39 is 27.1 Å². The maximum Gasteiger partial charge on any atom is 0.318 e. The van der Waals surface area contributed by atoms with Gasteiger partial charge in [0.15, 0.2) is 11.5 Å². The Morgan fingerprint density at radius 3 is 2.44 bits per heavy atom. The van der Waals surface area contributed by atoms with E-state index in [0.29, 0.717) is 19.8 Å². The van der Waals surface area contributed by atoms with E-state index in [2.05, 4.69) is 5.32 Å². The minimum Gasteiger partial charge on any atom is -0.493 e. The molecule has 0 aliphatic heterocycles. The van der Waals surface area contributed by atoms with Gasteiger partial charge in [0.1, 0.15) is 11.6 Å². The molecule has 0 saturated heterocycles. The van der Waals surface area contributed by atoms with Crippen molar-refractivity contribution in [2.24, 2.45) is 0 Å². The van der Waals surface area contributed by atoms with E-state index in [1.807, 2.05) is 28.7 Å². The number of nitriles is 1. The van der Waals surface area contributed by atoms with E-state index in [9.17, 15) is 30.3 Å². The zero-order chi connectivity index (χ0) is 26.4. The summed E-state index contributed by atoms with van der Waals surface area (Å²) in [6, 6.07) is 14.4. The molecule has 0 fully saturated rings. The van der Waals surface area contributed by atoms with Crippen molar-refractivity contribution in [2.45, 2.75) is 0 Å². The van der Waals surface area contributed by atoms with Crippen molar-refractivity contribution in [3.05, 3.63) is 94.6 Å². The van der Waals surface area contributed by atoms with Crippen molar-refractivity contribution in [1.82, 2.24) is 0 Å². The van der Waals surface area contributed by atoms with E-state index in [4.69, 9.17) is 21.1 Å². The maximum absolute atomic E-state index is 12.6. The van der Waals surface area contributed by atoms with Gasteiger partial charge in [0.2, 0.25) is 5.75 Å². The van der Waals surface area contributed by atoms with Gasteiger partial charge in [0.05, 0.1) is 37.3 Å². The number of halogens is 2. The molecule has 0 bridgehead atoms. The number of amides is 1. The minimum absolute atomic E-state index is 0.103. The average Bonchev–Trinajstić information content (AvgIpc) is 2.85. The van der Waals surface area contributed by atoms with Crippen LogP contribution in [0.25, 0.3) is 6.08 Å². The zero-order valence-corrected chi connectivity index (χ0v) is 21.1. The number of hydrogen-bond acceptors (Lipinski definition) is 8. The normalized spacial score (nSPS) is 10.8. The number of nitro groups is 2. The van der Waals surface area contributed by atoms with Crippen LogP contribution < -0.4 is 14.8 Å². The van der Waals surface area contributed by atoms with Gasteiger partial charge in [0.25, 0.3) is 11.6 Å². The van der Waals surface area contributed by atoms with Gasteiger partial charge in [-0.15, -0.1) is 0 Å². The Morgan fingerprint density at radius 1 is 1.11 bits per heavy atom. The number of para-hydroxylation sites is 1. The lowest BCUT2D eigenvalue weighted by Gasteiger charge is -2.13. The first-order valence-corrected chi connectivity index (χ1v) is 11.3. The lowest BCUT2D eigenvalue weighted by Crippen LogP contribution is -2.13. The minimum atomic E-state index is -0.796. The van der Waals surface area contributed by atoms with Crippen LogP contribution in [0.2, 0.25) is 5.02 Å². The van der Waals surface area contributed by atoms with Crippen LogP contribution in [0.4, 0.5) is 17.1 Å². The van der Waals surface area contributed by atoms with Crippen LogP contribution in [0.3, 0.4) is 0 Å². The number of non-ortho nitro benzene ring substituents is 1. The third kappa shape index (κ3) is 6.06. The number of rotatable bonds is 8. The number of benzene rings is 3. The summed E-state index contributed by atoms with van der Waals surface area (Å²) in [5, 5.41) is 34.8. The second-order valence-electron chi connectivity index (χ2n) is 6.91. The molecule has 11 nitrogen and oxygen atoms in total. The molecule has 13 heteroatoms. The number of nitrogens with one attached hydrogen (secondary N) is 1. The predicted molar refractivity (Wildman–Crippen MR) is 139 cm³/mol. The molecule has 182 valence electrons. The van der Waals surface area contributed by atoms with Crippen LogP contribution in [0.15, 0.2) is 60.2 Å². The lowest BCUT2D eigenvalue weighted by molar-refractivity contribution is -0.394. The standard InChI is InChI=1S/C23H14ClIN4O7/c1-35-21-10-13(8-14(12-26)23(30)27-18-5-3-2-4-16(18)24)9-17(25)22(21)36-20-7-6-15(28(31)32)11-19(20)29(33)34/h2-11H,1H3,(H,27,30)/b14-8+. The molecule has 3 rings (SSSR count). The summed E-state index contributed by atoms with van der Waals surface area (Å²) in [5.41, 5.74) is -0.532. The number of nitrogens with zero attached hydrogens (tertiary/aromatic N) is 3. The number of ether oxygens (including phenoxy) is 2. The molecule has 3 aromatic carbocycles. The molecule has 36 heavy (non-hydrogen) atoms. The van der Waals surface area contributed by atoms with Gasteiger partial charge >= 0.3 is 5.69 Å². The molecule has 0 heterocycles. The zero-order valence-electron chi connectivity index (χ0n) is 18.2. The van der Waals surface area contributed by atoms with Crippen molar-refractivity contribution in [3.8, 4) is 23.3 Å². The first kappa shape index (κ1) is 26.4. The van der Waals surface area contributed by atoms with Crippen LogP contribution in [0.5, 0.6) is 17.2 Å². The summed E-state index contributed by atoms with van der Waals surface area (Å²) in [6.45, 7) is 0. The quantitative estimate of drug-likeness (QED) is 0.104. The molecule has 0 aromatic heterocycles. The fraction of sp³-hybridized carbons (Fsp3) is 0.0435. The number of nitro benzene ring substituents is 2. The molecule has 0 radical (unpaired) electrons. The van der Waals surface area contributed by atoms with E-state index in [0.717, 1.165) is 18.2 Å². The molecule has 0 atom stereocenters. The lowest BCUT2D eigenvalue weighted by atomic mass is 10.1. The van der Waals surface area contributed by atoms with Crippen LogP contribution in [0, 0.1) is 35.1 Å². The van der Waals surface area contributed by atoms with Crippen LogP contribution in [0.1, 0.15) is 5.56 Å². The second-order valence-corrected chi connectivity index (χ2v) is 8.48. The number of carbonyl (C=O) groups excluding carboxylic acids is 1. The highest BCUT2D eigenvalue weighted by molar-refractivity contribution is 14.1. The Labute approximate surface area is 222 Å². The number of methoxy groups -OCH3 is 1. The number of carbonyl (C=O) groups is 1. The maximum atomic E-state index is 12.6. The highest BCUT2D eigenvalue weighted by Crippen LogP contribution is 2.41. The van der Waals surface area contributed by atoms with E-state index in [-0.39, 0.29) is 22.8 Å². The molecule has 1 N–H and O–H groups in total. The SMILES string of the molecule is COc1cc(/C=C(\C#N)C(=O)Nc2ccccc2Cl)cc(I)c1Oc1ccc([N+](=O)[O-])cc1[N+](=O)[O-]. The molecular formula is C23H14ClIN4O7. The third-order valence-corrected chi connectivity index (χ3v) is 5.74. The van der Waals surface area contributed by atoms with Gasteiger partial charge in [0, 0.05) is 6.07 Å². The van der Waals surface area contributed by atoms with Gasteiger partial charge in [-0.3, -0.25) is 25.0 Å². The Kier molecular flexibility index (Phi) is 8.41. The van der Waals surface area contributed by atoms with Crippen molar-refractivity contribution in [1.29, 1.82) is 5.26 Å². The molecule has 3 aromatic rings. The van der Waals surface area contributed by atoms with Gasteiger partial charge in [-0.2, -0.15) is 5.26 Å². The van der Waals surface area contributed by atoms with Crippen molar-refractivity contribution in [2.75, 3.05) is 12.4 Å². The molecule has 0 aliphatic rings. The van der Waals surface area contributed by atoms with E-state index in [1.54, 1.807) is 30.3 Å². The fourth-order valence-electron chi connectivity index (χ4n) is 2.95. The second kappa shape index (κ2) is 11.5. The number of hydrogen-bond donors (Lipinski definition) is 1. The van der Waals surface area contributed by atoms with E-state index in [1.165, 1.54) is 19.3 Å².